The number of hydrogen-bond donors (Lipinski definition) is 0. The first kappa shape index (κ1) is 64.9. The van der Waals surface area contributed by atoms with E-state index in [4.69, 9.17) is 125 Å². The van der Waals surface area contributed by atoms with Gasteiger partial charge in [0.15, 0.2) is 0 Å². The predicted octanol–water partition coefficient (Wildman–Crippen LogP) is 2.78. The molecule has 14 heterocycles. The summed E-state index contributed by atoms with van der Waals surface area (Å²) in [5.41, 5.74) is 0. The number of epoxide rings is 8. The standard InChI is InChI=1S/C51H92O28Si8/c1(2-11-52-26-43-34-60-43)3-20-82-69-80(19-4-12-53-27-44-35-61-44)51(10-18-59-33-50-41-67-50)42-87-72-81(68-51,21-5-13-54-28-45-36-62-45)71-84(73-82,23-7-15-56-30-47-38-64-47)76-86(79-87,25-9-17-58-32-49-40-66-49)77-85(74-82,24-8-16-57-31-48-39-65-48)75-83(70-80,78-87)22-6-14-55-29-46-37-63-46/h43-50H,1-42H2. The second kappa shape index (κ2) is 28.7. The maximum atomic E-state index is 8.56. The molecule has 14 aliphatic rings. The van der Waals surface area contributed by atoms with Gasteiger partial charge < -0.3 is 125 Å². The van der Waals surface area contributed by atoms with Gasteiger partial charge in [0.25, 0.3) is 0 Å². The zero-order valence-electron chi connectivity index (χ0n) is 50.2. The Morgan fingerprint density at radius 1 is 0.264 bits per heavy atom. The molecule has 17 atom stereocenters. The van der Waals surface area contributed by atoms with E-state index in [0.29, 0.717) is 221 Å². The Morgan fingerprint density at radius 2 is 0.529 bits per heavy atom. The van der Waals surface area contributed by atoms with Crippen molar-refractivity contribution in [2.24, 2.45) is 0 Å². The smallest absolute Gasteiger partial charge is 0.393 e. The molecule has 87 heavy (non-hydrogen) atoms. The van der Waals surface area contributed by atoms with Crippen LogP contribution in [-0.2, 0) is 125 Å². The van der Waals surface area contributed by atoms with Crippen LogP contribution in [0.1, 0.15) is 64.2 Å². The third-order valence-corrected chi connectivity index (χ3v) is 55.7. The van der Waals surface area contributed by atoms with Crippen LogP contribution in [-0.4, -0.2) is 283 Å². The molecule has 14 fully saturated rings. The Hall–Kier alpha value is 0.615. The van der Waals surface area contributed by atoms with Gasteiger partial charge >= 0.3 is 70.2 Å². The molecule has 0 N–H and O–H groups in total. The largest absolute Gasteiger partial charge is 0.486 e. The number of fused-ring (bicyclic) bond motifs is 6. The molecule has 9 bridgehead atoms. The van der Waals surface area contributed by atoms with Gasteiger partial charge in [-0.15, -0.1) is 0 Å². The highest BCUT2D eigenvalue weighted by Gasteiger charge is 2.87. The van der Waals surface area contributed by atoms with E-state index >= 15 is 0 Å². The molecular formula is C51H92O28Si8. The lowest BCUT2D eigenvalue weighted by Gasteiger charge is -2.59. The van der Waals surface area contributed by atoms with Crippen molar-refractivity contribution in [3.63, 3.8) is 0 Å². The van der Waals surface area contributed by atoms with Crippen molar-refractivity contribution in [3.8, 4) is 0 Å². The molecule has 0 aromatic heterocycles. The van der Waals surface area contributed by atoms with Gasteiger partial charge in [-0.2, -0.15) is 0 Å². The van der Waals surface area contributed by atoms with E-state index < -0.39 is 75.4 Å². The minimum Gasteiger partial charge on any atom is -0.393 e. The minimum atomic E-state index is -4.41. The van der Waals surface area contributed by atoms with Crippen molar-refractivity contribution in [3.05, 3.63) is 0 Å². The van der Waals surface area contributed by atoms with Gasteiger partial charge in [0.05, 0.1) is 106 Å². The molecule has 0 radical (unpaired) electrons. The normalized spacial score (nSPS) is 43.4. The molecule has 14 aliphatic heterocycles. The summed E-state index contributed by atoms with van der Waals surface area (Å²) < 4.78 is 194. The van der Waals surface area contributed by atoms with Crippen LogP contribution in [0.5, 0.6) is 0 Å². The highest BCUT2D eigenvalue weighted by atomic mass is 28.6. The predicted molar refractivity (Wildman–Crippen MR) is 311 cm³/mol. The van der Waals surface area contributed by atoms with Crippen molar-refractivity contribution >= 4 is 70.2 Å². The zero-order chi connectivity index (χ0) is 58.6. The van der Waals surface area contributed by atoms with Crippen LogP contribution in [0.15, 0.2) is 0 Å². The van der Waals surface area contributed by atoms with Crippen LogP contribution in [0.2, 0.25) is 48.4 Å². The molecule has 36 heteroatoms. The zero-order valence-corrected chi connectivity index (χ0v) is 58.2. The first-order chi connectivity index (χ1) is 42.6. The lowest BCUT2D eigenvalue weighted by Crippen LogP contribution is -2.83. The number of rotatable bonds is 49. The Morgan fingerprint density at radius 3 is 0.897 bits per heavy atom. The van der Waals surface area contributed by atoms with E-state index in [0.717, 1.165) is 19.4 Å². The van der Waals surface area contributed by atoms with E-state index in [1.165, 1.54) is 0 Å². The average Bonchev–Trinajstić information content (AvgIpc) is 1.47. The SMILES string of the molecule is C(CCOCC1CO1)CC[Si]12O[Si]3(CCCOCC4CO4)O[Si]4(CCCOCC5CO5)OC5(CCOCC6CO6)C[Si]6(O4)O[Si](CCCOCC4CO4)(O3)O[Si](CCCOCC3CO3)(O1)O[Si](CCCOCC1CO1)(O6)O[Si]5(CCCOCC1CO1)O2. The summed E-state index contributed by atoms with van der Waals surface area (Å²) in [7, 11) is -34.7. The lowest BCUT2D eigenvalue weighted by atomic mass is 10.3. The van der Waals surface area contributed by atoms with Crippen LogP contribution in [0, 0.1) is 0 Å². The molecule has 0 aromatic carbocycles. The molecule has 0 amide bonds. The van der Waals surface area contributed by atoms with Crippen molar-refractivity contribution in [1.82, 2.24) is 0 Å². The van der Waals surface area contributed by atoms with Crippen molar-refractivity contribution < 1.29 is 125 Å². The number of ether oxygens (including phenoxy) is 16. The van der Waals surface area contributed by atoms with E-state index in [1.54, 1.807) is 0 Å². The van der Waals surface area contributed by atoms with E-state index in [-0.39, 0.29) is 79.6 Å². The Kier molecular flexibility index (Phi) is 21.5. The van der Waals surface area contributed by atoms with E-state index in [1.807, 2.05) is 0 Å². The highest BCUT2D eigenvalue weighted by molar-refractivity contribution is 7.04. The van der Waals surface area contributed by atoms with Crippen molar-refractivity contribution in [1.29, 1.82) is 0 Å². The summed E-state index contributed by atoms with van der Waals surface area (Å²) in [5, 5.41) is -1.33. The molecule has 14 saturated heterocycles. The lowest BCUT2D eigenvalue weighted by molar-refractivity contribution is -0.0358. The molecule has 14 rings (SSSR count). The summed E-state index contributed by atoms with van der Waals surface area (Å²) in [4.78, 5) is 0. The fourth-order valence-electron chi connectivity index (χ4n) is 12.2. The van der Waals surface area contributed by atoms with Crippen LogP contribution < -0.4 is 0 Å². The monoisotopic (exact) mass is 1380 g/mol. The van der Waals surface area contributed by atoms with Crippen LogP contribution >= 0.6 is 0 Å². The third kappa shape index (κ3) is 18.2. The summed E-state index contributed by atoms with van der Waals surface area (Å²) in [5.74, 6) is 0. The Bertz CT molecular complexity index is 2210. The third-order valence-electron chi connectivity index (χ3n) is 17.2. The second-order valence-electron chi connectivity index (χ2n) is 25.4. The number of hydrogen-bond acceptors (Lipinski definition) is 28. The van der Waals surface area contributed by atoms with Crippen molar-refractivity contribution in [2.75, 3.05) is 159 Å². The second-order valence-corrected chi connectivity index (χ2v) is 50.4. The van der Waals surface area contributed by atoms with E-state index in [2.05, 4.69) is 0 Å². The summed E-state index contributed by atoms with van der Waals surface area (Å²) in [6.45, 7) is 12.3. The summed E-state index contributed by atoms with van der Waals surface area (Å²) in [6, 6.07) is 2.26. The van der Waals surface area contributed by atoms with Gasteiger partial charge in [0, 0.05) is 102 Å². The van der Waals surface area contributed by atoms with Gasteiger partial charge in [-0.05, 0) is 57.4 Å². The Labute approximate surface area is 518 Å². The molecule has 17 unspecified atom stereocenters. The molecule has 1 spiro atoms. The van der Waals surface area contributed by atoms with Gasteiger partial charge in [0.1, 0.15) is 54.1 Å². The molecule has 0 aliphatic carbocycles. The first-order valence-corrected chi connectivity index (χ1v) is 48.1. The quantitative estimate of drug-likeness (QED) is 0.0481. The maximum Gasteiger partial charge on any atom is 0.486 e. The molecule has 0 saturated carbocycles. The average molecular weight is 1380 g/mol. The minimum absolute atomic E-state index is 0.00996. The molecule has 0 aromatic rings. The first-order valence-electron chi connectivity index (χ1n) is 32.5. The highest BCUT2D eigenvalue weighted by Crippen LogP contribution is 2.61. The van der Waals surface area contributed by atoms with Gasteiger partial charge in [-0.3, -0.25) is 0 Å². The fraction of sp³-hybridized carbons (Fsp3) is 1.00. The summed E-state index contributed by atoms with van der Waals surface area (Å²) in [6.07, 6.45) is 6.07. The van der Waals surface area contributed by atoms with Gasteiger partial charge in [-0.1, -0.05) is 6.42 Å². The molecular weight excluding hydrogens is 1290 g/mol. The van der Waals surface area contributed by atoms with Crippen molar-refractivity contribution in [2.45, 2.75) is 167 Å². The van der Waals surface area contributed by atoms with Gasteiger partial charge in [0.2, 0.25) is 0 Å². The maximum absolute atomic E-state index is 8.56. The van der Waals surface area contributed by atoms with E-state index in [9.17, 15) is 0 Å². The van der Waals surface area contributed by atoms with Crippen LogP contribution in [0.4, 0.5) is 0 Å². The molecule has 28 nitrogen and oxygen atoms in total. The number of unbranched alkanes of at least 4 members (excludes halogenated alkanes) is 2. The Balaban J connectivity index is 0.909. The van der Waals surface area contributed by atoms with Crippen LogP contribution in [0.3, 0.4) is 0 Å². The summed E-state index contributed by atoms with van der Waals surface area (Å²) >= 11 is 0. The molecule has 496 valence electrons. The fourth-order valence-corrected chi connectivity index (χ4v) is 64.5. The van der Waals surface area contributed by atoms with Crippen LogP contribution in [0.25, 0.3) is 0 Å². The van der Waals surface area contributed by atoms with Gasteiger partial charge in [-0.25, -0.2) is 0 Å². The topological polar surface area (TPSA) is 285 Å².